The third kappa shape index (κ3) is 4.87. The highest BCUT2D eigenvalue weighted by molar-refractivity contribution is 9.10. The highest BCUT2D eigenvalue weighted by Gasteiger charge is 2.11. The van der Waals surface area contributed by atoms with Crippen LogP contribution in [0.15, 0.2) is 34.8 Å². The molecule has 0 aliphatic heterocycles. The zero-order valence-electron chi connectivity index (χ0n) is 12.8. The Hall–Kier alpha value is -1.23. The van der Waals surface area contributed by atoms with Crippen LogP contribution < -0.4 is 10.1 Å². The van der Waals surface area contributed by atoms with Crippen LogP contribution in [-0.2, 0) is 11.2 Å². The molecular weight excluding hydrogens is 401 g/mol. The fourth-order valence-corrected chi connectivity index (χ4v) is 3.26. The third-order valence-corrected chi connectivity index (χ3v) is 4.27. The predicted octanol–water partition coefficient (Wildman–Crippen LogP) is 5.64. The Morgan fingerprint density at radius 3 is 2.65 bits per heavy atom. The van der Waals surface area contributed by atoms with Gasteiger partial charge in [0.25, 0.3) is 5.91 Å². The lowest BCUT2D eigenvalue weighted by molar-refractivity contribution is -0.118. The zero-order valence-corrected chi connectivity index (χ0v) is 15.8. The normalized spacial score (nSPS) is 10.5. The largest absolute Gasteiger partial charge is 0.482 e. The summed E-state index contributed by atoms with van der Waals surface area (Å²) in [6.07, 6.45) is 0.819. The van der Waals surface area contributed by atoms with Gasteiger partial charge >= 0.3 is 0 Å². The van der Waals surface area contributed by atoms with Crippen molar-refractivity contribution in [3.05, 3.63) is 56.0 Å². The molecule has 0 radical (unpaired) electrons. The molecule has 0 heterocycles. The molecule has 0 saturated carbocycles. The molecule has 2 aromatic carbocycles. The second kappa shape index (κ2) is 8.04. The van der Waals surface area contributed by atoms with E-state index in [2.05, 4.69) is 21.2 Å². The molecule has 0 aliphatic rings. The standard InChI is InChI=1S/C17H16BrCl2NO2/c1-3-11-7-12(18)6-10(2)17(11)21-16(22)9-23-15-5-4-13(19)8-14(15)20/h4-8H,3,9H2,1-2H3,(H,21,22). The highest BCUT2D eigenvalue weighted by Crippen LogP contribution is 2.28. The minimum Gasteiger partial charge on any atom is -0.482 e. The molecule has 0 atom stereocenters. The number of hydrogen-bond donors (Lipinski definition) is 1. The maximum atomic E-state index is 12.2. The number of rotatable bonds is 5. The molecule has 0 fully saturated rings. The minimum atomic E-state index is -0.240. The molecule has 0 aromatic heterocycles. The van der Waals surface area contributed by atoms with Crippen LogP contribution in [0.4, 0.5) is 5.69 Å². The molecule has 2 aromatic rings. The summed E-state index contributed by atoms with van der Waals surface area (Å²) in [4.78, 5) is 12.2. The quantitative estimate of drug-likeness (QED) is 0.684. The molecule has 0 unspecified atom stereocenters. The van der Waals surface area contributed by atoms with Crippen LogP contribution in [-0.4, -0.2) is 12.5 Å². The van der Waals surface area contributed by atoms with Gasteiger partial charge in [-0.1, -0.05) is 46.1 Å². The topological polar surface area (TPSA) is 38.3 Å². The Kier molecular flexibility index (Phi) is 6.33. The molecule has 0 bridgehead atoms. The Bertz CT molecular complexity index is 735. The van der Waals surface area contributed by atoms with Crippen LogP contribution >= 0.6 is 39.1 Å². The van der Waals surface area contributed by atoms with Gasteiger partial charge in [-0.2, -0.15) is 0 Å². The van der Waals surface area contributed by atoms with Crippen molar-refractivity contribution in [2.24, 2.45) is 0 Å². The van der Waals surface area contributed by atoms with Gasteiger partial charge in [-0.05, 0) is 54.8 Å². The van der Waals surface area contributed by atoms with Gasteiger partial charge in [0, 0.05) is 15.2 Å². The van der Waals surface area contributed by atoms with Crippen molar-refractivity contribution >= 4 is 50.7 Å². The molecule has 0 spiro atoms. The lowest BCUT2D eigenvalue weighted by Gasteiger charge is -2.14. The van der Waals surface area contributed by atoms with Crippen LogP contribution in [0.1, 0.15) is 18.1 Å². The van der Waals surface area contributed by atoms with Gasteiger partial charge in [-0.3, -0.25) is 4.79 Å². The first-order chi connectivity index (χ1) is 10.9. The third-order valence-electron chi connectivity index (χ3n) is 3.28. The Labute approximate surface area is 154 Å². The summed E-state index contributed by atoms with van der Waals surface area (Å²) in [5, 5.41) is 3.80. The molecule has 0 aliphatic carbocycles. The van der Waals surface area contributed by atoms with Crippen LogP contribution in [0.3, 0.4) is 0 Å². The van der Waals surface area contributed by atoms with E-state index < -0.39 is 0 Å². The number of amides is 1. The van der Waals surface area contributed by atoms with E-state index in [-0.39, 0.29) is 12.5 Å². The van der Waals surface area contributed by atoms with E-state index >= 15 is 0 Å². The average Bonchev–Trinajstić information content (AvgIpc) is 2.48. The van der Waals surface area contributed by atoms with Crippen LogP contribution in [0.25, 0.3) is 0 Å². The number of halogens is 3. The number of ether oxygens (including phenoxy) is 1. The van der Waals surface area contributed by atoms with Crippen LogP contribution in [0.5, 0.6) is 5.75 Å². The van der Waals surface area contributed by atoms with Gasteiger partial charge in [0.15, 0.2) is 6.61 Å². The van der Waals surface area contributed by atoms with Crippen molar-refractivity contribution in [1.29, 1.82) is 0 Å². The second-order valence-electron chi connectivity index (χ2n) is 5.02. The number of aryl methyl sites for hydroxylation is 2. The first-order valence-electron chi connectivity index (χ1n) is 7.07. The first kappa shape index (κ1) is 18.1. The lowest BCUT2D eigenvalue weighted by Crippen LogP contribution is -2.21. The fourth-order valence-electron chi connectivity index (χ4n) is 2.18. The Morgan fingerprint density at radius 1 is 1.26 bits per heavy atom. The monoisotopic (exact) mass is 415 g/mol. The first-order valence-corrected chi connectivity index (χ1v) is 8.62. The number of carbonyl (C=O) groups is 1. The summed E-state index contributed by atoms with van der Waals surface area (Å²) >= 11 is 15.3. The Morgan fingerprint density at radius 2 is 2.00 bits per heavy atom. The van der Waals surface area contributed by atoms with Crippen molar-refractivity contribution in [1.82, 2.24) is 0 Å². The van der Waals surface area contributed by atoms with Gasteiger partial charge in [0.2, 0.25) is 0 Å². The maximum absolute atomic E-state index is 12.2. The summed E-state index contributed by atoms with van der Waals surface area (Å²) in [6, 6.07) is 8.84. The molecule has 3 nitrogen and oxygen atoms in total. The van der Waals surface area contributed by atoms with E-state index in [1.807, 2.05) is 26.0 Å². The minimum absolute atomic E-state index is 0.125. The van der Waals surface area contributed by atoms with Gasteiger partial charge in [0.05, 0.1) is 5.02 Å². The zero-order chi connectivity index (χ0) is 17.0. The van der Waals surface area contributed by atoms with Crippen molar-refractivity contribution in [2.75, 3.05) is 11.9 Å². The van der Waals surface area contributed by atoms with Gasteiger partial charge in [-0.25, -0.2) is 0 Å². The lowest BCUT2D eigenvalue weighted by atomic mass is 10.1. The average molecular weight is 417 g/mol. The second-order valence-corrected chi connectivity index (χ2v) is 6.78. The van der Waals surface area contributed by atoms with Gasteiger partial charge in [0.1, 0.15) is 5.75 Å². The van der Waals surface area contributed by atoms with Crippen molar-refractivity contribution in [3.8, 4) is 5.75 Å². The SMILES string of the molecule is CCc1cc(Br)cc(C)c1NC(=O)COc1ccc(Cl)cc1Cl. The summed E-state index contributed by atoms with van der Waals surface area (Å²) < 4.78 is 6.45. The van der Waals surface area contributed by atoms with Crippen LogP contribution in [0.2, 0.25) is 10.0 Å². The van der Waals surface area contributed by atoms with E-state index in [1.165, 1.54) is 0 Å². The van der Waals surface area contributed by atoms with E-state index in [9.17, 15) is 4.79 Å². The predicted molar refractivity (Wildman–Crippen MR) is 98.8 cm³/mol. The number of benzene rings is 2. The van der Waals surface area contributed by atoms with Gasteiger partial charge in [-0.15, -0.1) is 0 Å². The van der Waals surface area contributed by atoms with Crippen molar-refractivity contribution in [2.45, 2.75) is 20.3 Å². The van der Waals surface area contributed by atoms with E-state index in [0.29, 0.717) is 15.8 Å². The van der Waals surface area contributed by atoms with Crippen LogP contribution in [0, 0.1) is 6.92 Å². The molecule has 2 rings (SSSR count). The summed E-state index contributed by atoms with van der Waals surface area (Å²) in [6.45, 7) is 3.87. The Balaban J connectivity index is 2.05. The van der Waals surface area contributed by atoms with Gasteiger partial charge < -0.3 is 10.1 Å². The van der Waals surface area contributed by atoms with E-state index in [0.717, 1.165) is 27.7 Å². The number of nitrogens with one attached hydrogen (secondary N) is 1. The molecule has 6 heteroatoms. The van der Waals surface area contributed by atoms with Crippen molar-refractivity contribution < 1.29 is 9.53 Å². The smallest absolute Gasteiger partial charge is 0.262 e. The molecule has 1 N–H and O–H groups in total. The summed E-state index contributed by atoms with van der Waals surface area (Å²) in [7, 11) is 0. The molecule has 0 saturated heterocycles. The number of hydrogen-bond acceptors (Lipinski definition) is 2. The molecule has 23 heavy (non-hydrogen) atoms. The molecule has 122 valence electrons. The number of carbonyl (C=O) groups excluding carboxylic acids is 1. The maximum Gasteiger partial charge on any atom is 0.262 e. The van der Waals surface area contributed by atoms with E-state index in [1.54, 1.807) is 18.2 Å². The fraction of sp³-hybridized carbons (Fsp3) is 0.235. The summed E-state index contributed by atoms with van der Waals surface area (Å²) in [5.41, 5.74) is 2.88. The van der Waals surface area contributed by atoms with E-state index in [4.69, 9.17) is 27.9 Å². The molecule has 1 amide bonds. The van der Waals surface area contributed by atoms with Crippen molar-refractivity contribution in [3.63, 3.8) is 0 Å². The molecular formula is C17H16BrCl2NO2. The summed E-state index contributed by atoms with van der Waals surface area (Å²) in [5.74, 6) is 0.186. The highest BCUT2D eigenvalue weighted by atomic mass is 79.9. The number of anilines is 1.